The molecule has 0 spiro atoms. The molecule has 7 nitrogen and oxygen atoms in total. The predicted molar refractivity (Wildman–Crippen MR) is 152 cm³/mol. The van der Waals surface area contributed by atoms with Crippen LogP contribution in [0.4, 0.5) is 0 Å². The minimum Gasteiger partial charge on any atom is -0.463 e. The number of hydrogen-bond acceptors (Lipinski definition) is 6. The number of nitrogens with zero attached hydrogens (tertiary/aromatic N) is 1. The number of thiazole rings is 1. The molecule has 2 aromatic carbocycles. The van der Waals surface area contributed by atoms with Crippen LogP contribution in [-0.2, 0) is 14.3 Å². The third-order valence-corrected chi connectivity index (χ3v) is 7.85. The van der Waals surface area contributed by atoms with Gasteiger partial charge in [-0.2, -0.15) is 0 Å². The Kier molecular flexibility index (Phi) is 7.73. The van der Waals surface area contributed by atoms with Gasteiger partial charge >= 0.3 is 5.97 Å². The lowest BCUT2D eigenvalue weighted by molar-refractivity contribution is -0.138. The molecule has 4 N–H and O–H groups in total. The Labute approximate surface area is 225 Å². The van der Waals surface area contributed by atoms with Crippen LogP contribution in [0.25, 0.3) is 17.5 Å². The zero-order chi connectivity index (χ0) is 27.7. The molecule has 0 saturated carbocycles. The molecular weight excluding hydrogens is 498 g/mol. The van der Waals surface area contributed by atoms with Crippen LogP contribution in [0.15, 0.2) is 58.9 Å². The van der Waals surface area contributed by atoms with Gasteiger partial charge in [0.05, 0.1) is 28.2 Å². The van der Waals surface area contributed by atoms with Gasteiger partial charge in [0.1, 0.15) is 10.5 Å². The van der Waals surface area contributed by atoms with E-state index in [4.69, 9.17) is 16.2 Å². The Balaban J connectivity index is 2.01. The minimum atomic E-state index is -0.871. The first-order chi connectivity index (χ1) is 18.0. The summed E-state index contributed by atoms with van der Waals surface area (Å²) in [5, 5.41) is 0. The molecule has 1 unspecified atom stereocenters. The number of amides is 1. The quantitative estimate of drug-likeness (QED) is 0.455. The highest BCUT2D eigenvalue weighted by atomic mass is 32.1. The average molecular weight is 532 g/mol. The molecule has 0 bridgehead atoms. The van der Waals surface area contributed by atoms with Crippen LogP contribution < -0.4 is 26.2 Å². The third kappa shape index (κ3) is 4.96. The van der Waals surface area contributed by atoms with Crippen molar-refractivity contribution < 1.29 is 14.3 Å². The maximum absolute atomic E-state index is 13.6. The van der Waals surface area contributed by atoms with Crippen LogP contribution in [0, 0.1) is 0 Å². The monoisotopic (exact) mass is 531 g/mol. The molecule has 0 fully saturated rings. The maximum atomic E-state index is 13.6. The molecule has 0 aliphatic carbocycles. The normalized spacial score (nSPS) is 15.8. The molecule has 1 aliphatic rings. The zero-order valence-corrected chi connectivity index (χ0v) is 23.1. The van der Waals surface area contributed by atoms with E-state index in [1.165, 1.54) is 10.1 Å². The van der Waals surface area contributed by atoms with Crippen molar-refractivity contribution in [3.63, 3.8) is 0 Å². The fourth-order valence-corrected chi connectivity index (χ4v) is 5.81. The van der Waals surface area contributed by atoms with E-state index in [-0.39, 0.29) is 23.6 Å². The van der Waals surface area contributed by atoms with Crippen molar-refractivity contribution >= 4 is 40.7 Å². The number of carbonyl (C=O) groups excluding carboxylic acids is 2. The second-order valence-corrected chi connectivity index (χ2v) is 11.0. The van der Waals surface area contributed by atoms with E-state index in [0.29, 0.717) is 26.6 Å². The number of ether oxygens (including phenoxy) is 1. The molecule has 4 rings (SSSR count). The number of nitrogens with two attached hydrogens (primary N) is 2. The molecule has 2 heterocycles. The van der Waals surface area contributed by atoms with Crippen molar-refractivity contribution in [3.05, 3.63) is 95.9 Å². The van der Waals surface area contributed by atoms with Gasteiger partial charge in [0, 0.05) is 0 Å². The highest BCUT2D eigenvalue weighted by Gasteiger charge is 2.38. The van der Waals surface area contributed by atoms with E-state index >= 15 is 0 Å². The number of aromatic nitrogens is 1. The van der Waals surface area contributed by atoms with Crippen LogP contribution in [0.3, 0.4) is 0 Å². The number of hydrogen-bond donors (Lipinski definition) is 2. The van der Waals surface area contributed by atoms with Crippen molar-refractivity contribution in [2.45, 2.75) is 52.4 Å². The van der Waals surface area contributed by atoms with Crippen LogP contribution in [0.1, 0.15) is 74.6 Å². The summed E-state index contributed by atoms with van der Waals surface area (Å²) in [6.45, 7) is 10.2. The Morgan fingerprint density at radius 2 is 1.53 bits per heavy atom. The van der Waals surface area contributed by atoms with Crippen LogP contribution in [0.2, 0.25) is 0 Å². The van der Waals surface area contributed by atoms with Crippen LogP contribution >= 0.6 is 11.3 Å². The maximum Gasteiger partial charge on any atom is 0.338 e. The van der Waals surface area contributed by atoms with Gasteiger partial charge in [-0.25, -0.2) is 4.79 Å². The number of benzene rings is 2. The molecule has 3 aromatic rings. The van der Waals surface area contributed by atoms with E-state index in [0.717, 1.165) is 22.5 Å². The van der Waals surface area contributed by atoms with Crippen molar-refractivity contribution in [2.75, 3.05) is 6.61 Å². The largest absolute Gasteiger partial charge is 0.463 e. The topological polar surface area (TPSA) is 117 Å². The van der Waals surface area contributed by atoms with Gasteiger partial charge in [-0.3, -0.25) is 14.2 Å². The summed E-state index contributed by atoms with van der Waals surface area (Å²) in [6, 6.07) is 15.6. The average Bonchev–Trinajstić information content (AvgIpc) is 3.19. The first-order valence-corrected chi connectivity index (χ1v) is 13.5. The molecule has 1 aliphatic heterocycles. The Morgan fingerprint density at radius 1 is 0.974 bits per heavy atom. The number of esters is 1. The van der Waals surface area contributed by atoms with Gasteiger partial charge < -0.3 is 16.2 Å². The molecule has 38 heavy (non-hydrogen) atoms. The Bertz CT molecular complexity index is 1590. The van der Waals surface area contributed by atoms with Gasteiger partial charge in [-0.05, 0) is 47.1 Å². The lowest BCUT2D eigenvalue weighted by Gasteiger charge is -2.27. The number of carbonyl (C=O) groups is 2. The van der Waals surface area contributed by atoms with E-state index in [9.17, 15) is 14.4 Å². The molecule has 198 valence electrons. The van der Waals surface area contributed by atoms with Gasteiger partial charge in [0.2, 0.25) is 5.91 Å². The highest BCUT2D eigenvalue weighted by Crippen LogP contribution is 2.37. The fraction of sp³-hybridized carbons (Fsp3) is 0.300. The molecule has 1 atom stereocenters. The van der Waals surface area contributed by atoms with E-state index in [1.807, 2.05) is 48.5 Å². The number of primary amides is 1. The molecule has 1 aromatic heterocycles. The van der Waals surface area contributed by atoms with Crippen molar-refractivity contribution in [1.82, 2.24) is 4.57 Å². The van der Waals surface area contributed by atoms with Crippen molar-refractivity contribution in [2.24, 2.45) is 11.5 Å². The van der Waals surface area contributed by atoms with E-state index in [1.54, 1.807) is 13.0 Å². The Hall–Kier alpha value is -3.91. The second kappa shape index (κ2) is 10.8. The summed E-state index contributed by atoms with van der Waals surface area (Å²) in [4.78, 5) is 39.7. The van der Waals surface area contributed by atoms with Gasteiger partial charge in [-0.1, -0.05) is 76.2 Å². The van der Waals surface area contributed by atoms with Gasteiger partial charge in [-0.15, -0.1) is 11.3 Å². The minimum absolute atomic E-state index is 0.0261. The number of rotatable bonds is 7. The first-order valence-electron chi connectivity index (χ1n) is 12.7. The summed E-state index contributed by atoms with van der Waals surface area (Å²) < 4.78 is 7.22. The van der Waals surface area contributed by atoms with E-state index < -0.39 is 23.4 Å². The zero-order valence-electron chi connectivity index (χ0n) is 22.3. The Morgan fingerprint density at radius 3 is 2.03 bits per heavy atom. The van der Waals surface area contributed by atoms with Gasteiger partial charge in [0.25, 0.3) is 5.56 Å². The molecule has 1 amide bonds. The van der Waals surface area contributed by atoms with E-state index in [2.05, 4.69) is 27.7 Å². The summed E-state index contributed by atoms with van der Waals surface area (Å²) in [5.41, 5.74) is 16.0. The lowest BCUT2D eigenvalue weighted by atomic mass is 9.82. The smallest absolute Gasteiger partial charge is 0.338 e. The first kappa shape index (κ1) is 27.1. The molecular formula is C30H33N3O4S. The molecule has 0 radical (unpaired) electrons. The molecule has 0 saturated heterocycles. The van der Waals surface area contributed by atoms with Crippen LogP contribution in [-0.4, -0.2) is 23.1 Å². The fourth-order valence-electron chi connectivity index (χ4n) is 4.63. The predicted octanol–water partition coefficient (Wildman–Crippen LogP) is 3.11. The summed E-state index contributed by atoms with van der Waals surface area (Å²) >= 11 is 1.13. The lowest BCUT2D eigenvalue weighted by Crippen LogP contribution is -2.42. The summed E-state index contributed by atoms with van der Waals surface area (Å²) in [6.07, 6.45) is 1.75. The second-order valence-electron chi connectivity index (χ2n) is 9.93. The third-order valence-electron chi connectivity index (χ3n) is 6.75. The van der Waals surface area contributed by atoms with Crippen molar-refractivity contribution in [1.29, 1.82) is 0 Å². The standard InChI is InChI=1S/C30H33N3O4S/c1-6-37-30(36)24-23(21-13-11-20(12-14-21)17(4)5)25(27(32)34)29-33(26(24)31)28(35)22(38-29)15-18-7-9-19(10-8-18)16(2)3/h7-17,23H,6,31H2,1-5H3,(H2,32,34). The van der Waals surface area contributed by atoms with Crippen molar-refractivity contribution in [3.8, 4) is 0 Å². The number of fused-ring (bicyclic) bond motifs is 1. The summed E-state index contributed by atoms with van der Waals surface area (Å²) in [5.74, 6) is -1.67. The summed E-state index contributed by atoms with van der Waals surface area (Å²) in [7, 11) is 0. The van der Waals surface area contributed by atoms with Crippen LogP contribution in [0.5, 0.6) is 0 Å². The molecule has 8 heteroatoms. The highest BCUT2D eigenvalue weighted by molar-refractivity contribution is 7.07. The SMILES string of the molecule is CCOC(=O)C1=C(N)n2c(sc(=Cc3ccc(C(C)C)cc3)c2=O)=C(C(N)=O)C1c1ccc(C(C)C)cc1. The van der Waals surface area contributed by atoms with Gasteiger partial charge in [0.15, 0.2) is 0 Å².